The van der Waals surface area contributed by atoms with E-state index < -0.39 is 0 Å². The maximum atomic E-state index is 5.62. The first-order chi connectivity index (χ1) is 7.72. The van der Waals surface area contributed by atoms with E-state index in [2.05, 4.69) is 26.1 Å². The third-order valence-electron chi connectivity index (χ3n) is 2.14. The van der Waals surface area contributed by atoms with Gasteiger partial charge in [0, 0.05) is 6.61 Å². The molecule has 0 amide bonds. The van der Waals surface area contributed by atoms with E-state index in [-0.39, 0.29) is 0 Å². The molecule has 3 heteroatoms. The van der Waals surface area contributed by atoms with Gasteiger partial charge in [-0.3, -0.25) is 0 Å². The van der Waals surface area contributed by atoms with E-state index in [0.717, 1.165) is 37.6 Å². The molecular formula is C13H23NO2. The first kappa shape index (κ1) is 13.3. The van der Waals surface area contributed by atoms with Crippen LogP contribution in [-0.2, 0) is 17.9 Å². The van der Waals surface area contributed by atoms with Crippen molar-refractivity contribution in [3.8, 4) is 0 Å². The highest BCUT2D eigenvalue weighted by atomic mass is 16.5. The minimum absolute atomic E-state index is 0.570. The van der Waals surface area contributed by atoms with Gasteiger partial charge in [0.15, 0.2) is 0 Å². The molecule has 1 N–H and O–H groups in total. The Labute approximate surface area is 98.2 Å². The molecule has 0 aliphatic heterocycles. The first-order valence-corrected chi connectivity index (χ1v) is 6.08. The molecule has 0 bridgehead atoms. The highest BCUT2D eigenvalue weighted by Gasteiger charge is 2.02. The molecule has 1 aromatic heterocycles. The fourth-order valence-electron chi connectivity index (χ4n) is 1.38. The van der Waals surface area contributed by atoms with Gasteiger partial charge < -0.3 is 14.5 Å². The van der Waals surface area contributed by atoms with Crippen LogP contribution in [0, 0.1) is 5.92 Å². The van der Waals surface area contributed by atoms with E-state index in [1.807, 2.05) is 12.1 Å². The lowest BCUT2D eigenvalue weighted by atomic mass is 10.2. The molecule has 0 saturated heterocycles. The lowest BCUT2D eigenvalue weighted by Crippen LogP contribution is -2.13. The van der Waals surface area contributed by atoms with Gasteiger partial charge in [-0.15, -0.1) is 0 Å². The van der Waals surface area contributed by atoms with Crippen LogP contribution in [0.2, 0.25) is 0 Å². The van der Waals surface area contributed by atoms with E-state index in [0.29, 0.717) is 12.5 Å². The second-order valence-corrected chi connectivity index (χ2v) is 4.45. The summed E-state index contributed by atoms with van der Waals surface area (Å²) in [7, 11) is 0. The Bertz CT molecular complexity index is 281. The van der Waals surface area contributed by atoms with Crippen LogP contribution in [-0.4, -0.2) is 13.2 Å². The van der Waals surface area contributed by atoms with Crippen molar-refractivity contribution in [3.05, 3.63) is 23.7 Å². The average molecular weight is 225 g/mol. The molecule has 1 aromatic rings. The van der Waals surface area contributed by atoms with Gasteiger partial charge in [-0.2, -0.15) is 0 Å². The number of ether oxygens (including phenoxy) is 1. The van der Waals surface area contributed by atoms with Crippen molar-refractivity contribution in [2.75, 3.05) is 13.2 Å². The molecule has 0 unspecified atom stereocenters. The number of hydrogen-bond acceptors (Lipinski definition) is 3. The zero-order valence-corrected chi connectivity index (χ0v) is 10.6. The Morgan fingerprint density at radius 1 is 1.31 bits per heavy atom. The summed E-state index contributed by atoms with van der Waals surface area (Å²) in [5, 5.41) is 3.30. The van der Waals surface area contributed by atoms with E-state index in [9.17, 15) is 0 Å². The Hall–Kier alpha value is -0.800. The maximum Gasteiger partial charge on any atom is 0.129 e. The molecule has 0 aliphatic carbocycles. The van der Waals surface area contributed by atoms with Gasteiger partial charge >= 0.3 is 0 Å². The van der Waals surface area contributed by atoms with Gasteiger partial charge in [-0.25, -0.2) is 0 Å². The Kier molecular flexibility index (Phi) is 6.19. The third kappa shape index (κ3) is 5.33. The molecule has 16 heavy (non-hydrogen) atoms. The molecule has 0 atom stereocenters. The summed E-state index contributed by atoms with van der Waals surface area (Å²) >= 11 is 0. The number of hydrogen-bond donors (Lipinski definition) is 1. The zero-order valence-electron chi connectivity index (χ0n) is 10.6. The molecule has 1 heterocycles. The SMILES string of the molecule is CCCNCc1ccc(COCC(C)C)o1. The van der Waals surface area contributed by atoms with E-state index >= 15 is 0 Å². The van der Waals surface area contributed by atoms with Crippen molar-refractivity contribution in [3.63, 3.8) is 0 Å². The monoisotopic (exact) mass is 225 g/mol. The van der Waals surface area contributed by atoms with Gasteiger partial charge in [0.2, 0.25) is 0 Å². The van der Waals surface area contributed by atoms with Crippen molar-refractivity contribution in [2.24, 2.45) is 5.92 Å². The number of furan rings is 1. The van der Waals surface area contributed by atoms with E-state index in [1.165, 1.54) is 0 Å². The highest BCUT2D eigenvalue weighted by Crippen LogP contribution is 2.09. The minimum atomic E-state index is 0.570. The Morgan fingerprint density at radius 3 is 2.75 bits per heavy atom. The van der Waals surface area contributed by atoms with Gasteiger partial charge in [0.1, 0.15) is 18.1 Å². The summed E-state index contributed by atoms with van der Waals surface area (Å²) in [6.07, 6.45) is 1.14. The fourth-order valence-corrected chi connectivity index (χ4v) is 1.38. The summed E-state index contributed by atoms with van der Waals surface area (Å²) in [6, 6.07) is 4.00. The van der Waals surface area contributed by atoms with Crippen molar-refractivity contribution in [2.45, 2.75) is 40.3 Å². The third-order valence-corrected chi connectivity index (χ3v) is 2.14. The molecule has 1 rings (SSSR count). The molecule has 0 aromatic carbocycles. The predicted molar refractivity (Wildman–Crippen MR) is 65.2 cm³/mol. The molecule has 3 nitrogen and oxygen atoms in total. The molecule has 92 valence electrons. The normalized spacial score (nSPS) is 11.2. The lowest BCUT2D eigenvalue weighted by Gasteiger charge is -2.04. The maximum absolute atomic E-state index is 5.62. The van der Waals surface area contributed by atoms with Gasteiger partial charge in [-0.05, 0) is 31.0 Å². The van der Waals surface area contributed by atoms with Crippen LogP contribution in [0.25, 0.3) is 0 Å². The van der Waals surface area contributed by atoms with Crippen molar-refractivity contribution in [1.82, 2.24) is 5.32 Å². The van der Waals surface area contributed by atoms with Crippen LogP contribution in [0.15, 0.2) is 16.5 Å². The topological polar surface area (TPSA) is 34.4 Å². The Morgan fingerprint density at radius 2 is 2.06 bits per heavy atom. The van der Waals surface area contributed by atoms with Crippen LogP contribution in [0.1, 0.15) is 38.7 Å². The van der Waals surface area contributed by atoms with Crippen molar-refractivity contribution < 1.29 is 9.15 Å². The summed E-state index contributed by atoms with van der Waals surface area (Å²) in [5.41, 5.74) is 0. The van der Waals surface area contributed by atoms with E-state index in [4.69, 9.17) is 9.15 Å². The second kappa shape index (κ2) is 7.47. The fraction of sp³-hybridized carbons (Fsp3) is 0.692. The van der Waals surface area contributed by atoms with Gasteiger partial charge in [0.25, 0.3) is 0 Å². The average Bonchev–Trinajstić information content (AvgIpc) is 2.66. The quantitative estimate of drug-likeness (QED) is 0.691. The molecule has 0 aliphatic rings. The summed E-state index contributed by atoms with van der Waals surface area (Å²) in [5.74, 6) is 2.46. The zero-order chi connectivity index (χ0) is 11.8. The predicted octanol–water partition coefficient (Wildman–Crippen LogP) is 2.95. The van der Waals surface area contributed by atoms with Crippen molar-refractivity contribution in [1.29, 1.82) is 0 Å². The van der Waals surface area contributed by atoms with Gasteiger partial charge in [-0.1, -0.05) is 20.8 Å². The first-order valence-electron chi connectivity index (χ1n) is 6.08. The van der Waals surface area contributed by atoms with Crippen LogP contribution in [0.5, 0.6) is 0 Å². The second-order valence-electron chi connectivity index (χ2n) is 4.45. The number of nitrogens with one attached hydrogen (secondary N) is 1. The van der Waals surface area contributed by atoms with Crippen LogP contribution < -0.4 is 5.32 Å². The van der Waals surface area contributed by atoms with E-state index in [1.54, 1.807) is 0 Å². The molecule has 0 saturated carbocycles. The smallest absolute Gasteiger partial charge is 0.129 e. The highest BCUT2D eigenvalue weighted by molar-refractivity contribution is 5.06. The Balaban J connectivity index is 2.22. The van der Waals surface area contributed by atoms with Crippen LogP contribution >= 0.6 is 0 Å². The minimum Gasteiger partial charge on any atom is -0.462 e. The summed E-state index contributed by atoms with van der Waals surface area (Å²) < 4.78 is 11.1. The largest absolute Gasteiger partial charge is 0.462 e. The van der Waals surface area contributed by atoms with Gasteiger partial charge in [0.05, 0.1) is 6.54 Å². The molecule has 0 fully saturated rings. The molecule has 0 spiro atoms. The summed E-state index contributed by atoms with van der Waals surface area (Å²) in [4.78, 5) is 0. The molecular weight excluding hydrogens is 202 g/mol. The lowest BCUT2D eigenvalue weighted by molar-refractivity contribution is 0.0837. The summed E-state index contributed by atoms with van der Waals surface area (Å²) in [6.45, 7) is 9.62. The molecule has 0 radical (unpaired) electrons. The number of rotatable bonds is 8. The standard InChI is InChI=1S/C13H23NO2/c1-4-7-14-8-12-5-6-13(16-12)10-15-9-11(2)3/h5-6,11,14H,4,7-10H2,1-3H3. The van der Waals surface area contributed by atoms with Crippen LogP contribution in [0.4, 0.5) is 0 Å². The van der Waals surface area contributed by atoms with Crippen molar-refractivity contribution >= 4 is 0 Å². The van der Waals surface area contributed by atoms with Crippen LogP contribution in [0.3, 0.4) is 0 Å².